The lowest BCUT2D eigenvalue weighted by Gasteiger charge is -2.25. The van der Waals surface area contributed by atoms with Crippen LogP contribution in [0.2, 0.25) is 0 Å². The smallest absolute Gasteiger partial charge is 0.190 e. The van der Waals surface area contributed by atoms with Crippen LogP contribution in [0.5, 0.6) is 5.75 Å². The SMILES string of the molecule is CC1CC=CCC1COc1c(F)cc(C#N)cc1F. The van der Waals surface area contributed by atoms with Crippen molar-refractivity contribution in [2.45, 2.75) is 19.8 Å². The summed E-state index contributed by atoms with van der Waals surface area (Å²) < 4.78 is 32.5. The molecule has 4 heteroatoms. The lowest BCUT2D eigenvalue weighted by molar-refractivity contribution is 0.186. The molecule has 0 aliphatic heterocycles. The van der Waals surface area contributed by atoms with Gasteiger partial charge in [-0.15, -0.1) is 0 Å². The van der Waals surface area contributed by atoms with E-state index in [0.29, 0.717) is 5.92 Å². The highest BCUT2D eigenvalue weighted by molar-refractivity contribution is 5.37. The Kier molecular flexibility index (Phi) is 4.16. The Morgan fingerprint density at radius 2 is 1.89 bits per heavy atom. The van der Waals surface area contributed by atoms with Crippen LogP contribution in [0.3, 0.4) is 0 Å². The number of halogens is 2. The summed E-state index contributed by atoms with van der Waals surface area (Å²) in [6, 6.07) is 3.68. The van der Waals surface area contributed by atoms with Crippen molar-refractivity contribution in [1.82, 2.24) is 0 Å². The number of nitrogens with zero attached hydrogens (tertiary/aromatic N) is 1. The molecule has 2 atom stereocenters. The van der Waals surface area contributed by atoms with Gasteiger partial charge in [0.15, 0.2) is 17.4 Å². The van der Waals surface area contributed by atoms with Crippen molar-refractivity contribution in [3.8, 4) is 11.8 Å². The van der Waals surface area contributed by atoms with E-state index in [-0.39, 0.29) is 23.8 Å². The molecule has 2 nitrogen and oxygen atoms in total. The van der Waals surface area contributed by atoms with Gasteiger partial charge in [-0.2, -0.15) is 5.26 Å². The van der Waals surface area contributed by atoms with Gasteiger partial charge in [-0.3, -0.25) is 0 Å². The standard InChI is InChI=1S/C15H15F2NO/c1-10-4-2-3-5-12(10)9-19-15-13(16)6-11(8-18)7-14(15)17/h2-3,6-7,10,12H,4-5,9H2,1H3. The molecule has 0 aromatic heterocycles. The van der Waals surface area contributed by atoms with Gasteiger partial charge in [-0.05, 0) is 36.8 Å². The third kappa shape index (κ3) is 3.11. The Morgan fingerprint density at radius 1 is 1.26 bits per heavy atom. The van der Waals surface area contributed by atoms with Crippen molar-refractivity contribution in [1.29, 1.82) is 5.26 Å². The summed E-state index contributed by atoms with van der Waals surface area (Å²) in [5.74, 6) is -1.33. The molecule has 2 rings (SSSR count). The van der Waals surface area contributed by atoms with Crippen LogP contribution in [0.25, 0.3) is 0 Å². The fraction of sp³-hybridized carbons (Fsp3) is 0.400. The van der Waals surface area contributed by atoms with E-state index in [1.807, 2.05) is 0 Å². The summed E-state index contributed by atoms with van der Waals surface area (Å²) in [5, 5.41) is 8.61. The van der Waals surface area contributed by atoms with Crippen LogP contribution >= 0.6 is 0 Å². The molecule has 100 valence electrons. The second kappa shape index (κ2) is 5.83. The van der Waals surface area contributed by atoms with Gasteiger partial charge in [0.05, 0.1) is 18.2 Å². The second-order valence-electron chi connectivity index (χ2n) is 4.87. The predicted octanol–water partition coefficient (Wildman–Crippen LogP) is 3.82. The molecular weight excluding hydrogens is 248 g/mol. The molecule has 1 aromatic carbocycles. The van der Waals surface area contributed by atoms with Crippen LogP contribution in [-0.4, -0.2) is 6.61 Å². The van der Waals surface area contributed by atoms with Gasteiger partial charge in [0.1, 0.15) is 0 Å². The highest BCUT2D eigenvalue weighted by Crippen LogP contribution is 2.28. The second-order valence-corrected chi connectivity index (χ2v) is 4.87. The van der Waals surface area contributed by atoms with Gasteiger partial charge in [0.2, 0.25) is 0 Å². The Balaban J connectivity index is 2.08. The highest BCUT2D eigenvalue weighted by Gasteiger charge is 2.21. The van der Waals surface area contributed by atoms with Gasteiger partial charge in [0, 0.05) is 0 Å². The largest absolute Gasteiger partial charge is 0.487 e. The van der Waals surface area contributed by atoms with Crippen molar-refractivity contribution in [3.63, 3.8) is 0 Å². The normalized spacial score (nSPS) is 22.0. The summed E-state index contributed by atoms with van der Waals surface area (Å²) in [4.78, 5) is 0. The lowest BCUT2D eigenvalue weighted by atomic mass is 9.85. The van der Waals surface area contributed by atoms with E-state index in [4.69, 9.17) is 10.00 Å². The van der Waals surface area contributed by atoms with E-state index in [2.05, 4.69) is 19.1 Å². The van der Waals surface area contributed by atoms with Crippen LogP contribution < -0.4 is 4.74 Å². The maximum atomic E-state index is 13.6. The van der Waals surface area contributed by atoms with Gasteiger partial charge in [0.25, 0.3) is 0 Å². The molecule has 1 aliphatic carbocycles. The van der Waals surface area contributed by atoms with Crippen molar-refractivity contribution >= 4 is 0 Å². The topological polar surface area (TPSA) is 33.0 Å². The van der Waals surface area contributed by atoms with Crippen LogP contribution in [0, 0.1) is 34.8 Å². The number of hydrogen-bond donors (Lipinski definition) is 0. The number of nitriles is 1. The number of allylic oxidation sites excluding steroid dienone is 2. The van der Waals surface area contributed by atoms with Crippen molar-refractivity contribution in [2.75, 3.05) is 6.61 Å². The fourth-order valence-electron chi connectivity index (χ4n) is 2.19. The first-order valence-corrected chi connectivity index (χ1v) is 6.28. The molecule has 0 amide bonds. The maximum Gasteiger partial charge on any atom is 0.190 e. The Hall–Kier alpha value is -1.89. The summed E-state index contributed by atoms with van der Waals surface area (Å²) >= 11 is 0. The molecule has 0 saturated heterocycles. The highest BCUT2D eigenvalue weighted by atomic mass is 19.1. The zero-order valence-electron chi connectivity index (χ0n) is 10.7. The monoisotopic (exact) mass is 263 g/mol. The van der Waals surface area contributed by atoms with E-state index >= 15 is 0 Å². The quantitative estimate of drug-likeness (QED) is 0.777. The molecule has 1 aliphatic rings. The summed E-state index contributed by atoms with van der Waals surface area (Å²) in [6.07, 6.45) is 6.01. The van der Waals surface area contributed by atoms with E-state index in [0.717, 1.165) is 25.0 Å². The molecule has 0 bridgehead atoms. The minimum atomic E-state index is -0.824. The van der Waals surface area contributed by atoms with E-state index < -0.39 is 11.6 Å². The average molecular weight is 263 g/mol. The molecule has 2 unspecified atom stereocenters. The summed E-state index contributed by atoms with van der Waals surface area (Å²) in [7, 11) is 0. The third-order valence-corrected chi connectivity index (χ3v) is 3.49. The molecule has 0 saturated carbocycles. The first kappa shape index (κ1) is 13.5. The van der Waals surface area contributed by atoms with E-state index in [1.165, 1.54) is 0 Å². The molecule has 1 aromatic rings. The third-order valence-electron chi connectivity index (χ3n) is 3.49. The zero-order valence-corrected chi connectivity index (χ0v) is 10.7. The van der Waals surface area contributed by atoms with Crippen LogP contribution in [0.4, 0.5) is 8.78 Å². The predicted molar refractivity (Wildman–Crippen MR) is 67.6 cm³/mol. The molecule has 0 radical (unpaired) electrons. The maximum absolute atomic E-state index is 13.6. The molecule has 0 spiro atoms. The number of rotatable bonds is 3. The van der Waals surface area contributed by atoms with Crippen molar-refractivity contribution in [2.24, 2.45) is 11.8 Å². The minimum Gasteiger partial charge on any atom is -0.487 e. The summed E-state index contributed by atoms with van der Waals surface area (Å²) in [6.45, 7) is 2.38. The lowest BCUT2D eigenvalue weighted by Crippen LogP contribution is -2.21. The molecule has 0 heterocycles. The molecule has 0 N–H and O–H groups in total. The minimum absolute atomic E-state index is 0.0451. The Labute approximate surface area is 111 Å². The van der Waals surface area contributed by atoms with Crippen LogP contribution in [0.15, 0.2) is 24.3 Å². The Bertz CT molecular complexity index is 510. The van der Waals surface area contributed by atoms with Gasteiger partial charge in [-0.1, -0.05) is 19.1 Å². The fourth-order valence-corrected chi connectivity index (χ4v) is 2.19. The van der Waals surface area contributed by atoms with Crippen LogP contribution in [0.1, 0.15) is 25.3 Å². The molecule has 19 heavy (non-hydrogen) atoms. The molecular formula is C15H15F2NO. The average Bonchev–Trinajstić information content (AvgIpc) is 2.39. The first-order chi connectivity index (χ1) is 9.11. The van der Waals surface area contributed by atoms with Gasteiger partial charge >= 0.3 is 0 Å². The van der Waals surface area contributed by atoms with E-state index in [9.17, 15) is 8.78 Å². The molecule has 0 fully saturated rings. The van der Waals surface area contributed by atoms with Crippen LogP contribution in [-0.2, 0) is 0 Å². The first-order valence-electron chi connectivity index (χ1n) is 6.28. The van der Waals surface area contributed by atoms with Crippen molar-refractivity contribution in [3.05, 3.63) is 41.5 Å². The van der Waals surface area contributed by atoms with E-state index in [1.54, 1.807) is 6.07 Å². The van der Waals surface area contributed by atoms with Crippen molar-refractivity contribution < 1.29 is 13.5 Å². The Morgan fingerprint density at radius 3 is 2.47 bits per heavy atom. The summed E-state index contributed by atoms with van der Waals surface area (Å²) in [5.41, 5.74) is -0.0451. The number of hydrogen-bond acceptors (Lipinski definition) is 2. The van der Waals surface area contributed by atoms with Gasteiger partial charge < -0.3 is 4.74 Å². The van der Waals surface area contributed by atoms with Gasteiger partial charge in [-0.25, -0.2) is 8.78 Å². The zero-order chi connectivity index (χ0) is 13.8. The number of benzene rings is 1. The number of ether oxygens (including phenoxy) is 1.